The lowest BCUT2D eigenvalue weighted by Crippen LogP contribution is -2.47. The standard InChI is InChI=1S/C20H24F4N2O4S/c1-12(2)31(29,30)11-14-9-16(21)6-7-17(14)26-18(27)10-25-19(28)13-4-3-5-15(8-13)20(22,23)24/h3-5,8-9,12,14,17H,6-7,10-11H2,1-2H3,(H,25,28)(H,26,27)/t14-,17+/m1/s1. The molecule has 31 heavy (non-hydrogen) atoms. The van der Waals surface area contributed by atoms with Crippen LogP contribution in [0.5, 0.6) is 0 Å². The van der Waals surface area contributed by atoms with E-state index in [0.29, 0.717) is 6.07 Å². The van der Waals surface area contributed by atoms with Crippen molar-refractivity contribution in [3.63, 3.8) is 0 Å². The maximum Gasteiger partial charge on any atom is 0.416 e. The first kappa shape index (κ1) is 24.8. The number of halogens is 4. The van der Waals surface area contributed by atoms with E-state index in [0.717, 1.165) is 12.1 Å². The van der Waals surface area contributed by atoms with Crippen molar-refractivity contribution in [3.05, 3.63) is 47.3 Å². The average molecular weight is 464 g/mol. The van der Waals surface area contributed by atoms with E-state index in [2.05, 4.69) is 10.6 Å². The SMILES string of the molecule is CC(C)S(=O)(=O)C[C@H]1C=C(F)CC[C@@H]1NC(=O)CNC(=O)c1cccc(C(F)(F)F)c1. The fourth-order valence-electron chi connectivity index (χ4n) is 3.10. The predicted molar refractivity (Wildman–Crippen MR) is 107 cm³/mol. The first-order valence-corrected chi connectivity index (χ1v) is 11.3. The molecule has 0 radical (unpaired) electrons. The molecule has 0 bridgehead atoms. The molecule has 0 saturated carbocycles. The van der Waals surface area contributed by atoms with Gasteiger partial charge < -0.3 is 10.6 Å². The maximum atomic E-state index is 13.7. The number of amides is 2. The second kappa shape index (κ2) is 9.80. The van der Waals surface area contributed by atoms with E-state index < -0.39 is 63.0 Å². The van der Waals surface area contributed by atoms with Gasteiger partial charge in [0.2, 0.25) is 5.91 Å². The number of carbonyl (C=O) groups is 2. The summed E-state index contributed by atoms with van der Waals surface area (Å²) in [6.45, 7) is 2.49. The average Bonchev–Trinajstić information content (AvgIpc) is 2.67. The monoisotopic (exact) mass is 464 g/mol. The summed E-state index contributed by atoms with van der Waals surface area (Å²) in [5.74, 6) is -3.07. The van der Waals surface area contributed by atoms with E-state index in [1.165, 1.54) is 26.0 Å². The van der Waals surface area contributed by atoms with Gasteiger partial charge in [-0.25, -0.2) is 12.8 Å². The zero-order valence-corrected chi connectivity index (χ0v) is 17.8. The number of sulfone groups is 1. The highest BCUT2D eigenvalue weighted by atomic mass is 32.2. The minimum Gasteiger partial charge on any atom is -0.351 e. The van der Waals surface area contributed by atoms with E-state index in [-0.39, 0.29) is 24.2 Å². The molecule has 0 spiro atoms. The summed E-state index contributed by atoms with van der Waals surface area (Å²) in [5.41, 5.74) is -1.25. The summed E-state index contributed by atoms with van der Waals surface area (Å²) in [6.07, 6.45) is -3.19. The van der Waals surface area contributed by atoms with Crippen LogP contribution in [0, 0.1) is 5.92 Å². The third-order valence-corrected chi connectivity index (χ3v) is 7.24. The van der Waals surface area contributed by atoms with Crippen LogP contribution in [0.1, 0.15) is 42.6 Å². The topological polar surface area (TPSA) is 92.3 Å². The third-order valence-electron chi connectivity index (χ3n) is 4.96. The van der Waals surface area contributed by atoms with E-state index in [1.54, 1.807) is 0 Å². The van der Waals surface area contributed by atoms with Gasteiger partial charge in [0.1, 0.15) is 0 Å². The quantitative estimate of drug-likeness (QED) is 0.607. The molecule has 2 atom stereocenters. The lowest BCUT2D eigenvalue weighted by molar-refractivity contribution is -0.137. The molecule has 11 heteroatoms. The third kappa shape index (κ3) is 7.05. The smallest absolute Gasteiger partial charge is 0.351 e. The van der Waals surface area contributed by atoms with Gasteiger partial charge in [0, 0.05) is 23.9 Å². The summed E-state index contributed by atoms with van der Waals surface area (Å²) in [7, 11) is -3.49. The van der Waals surface area contributed by atoms with Gasteiger partial charge in [0.15, 0.2) is 9.84 Å². The van der Waals surface area contributed by atoms with Crippen LogP contribution < -0.4 is 10.6 Å². The normalized spacial score (nSPS) is 19.6. The van der Waals surface area contributed by atoms with Crippen molar-refractivity contribution in [1.82, 2.24) is 10.6 Å². The van der Waals surface area contributed by atoms with Crippen LogP contribution in [0.15, 0.2) is 36.2 Å². The Balaban J connectivity index is 1.99. The summed E-state index contributed by atoms with van der Waals surface area (Å²) in [4.78, 5) is 24.3. The number of nitrogens with one attached hydrogen (secondary N) is 2. The highest BCUT2D eigenvalue weighted by molar-refractivity contribution is 7.91. The summed E-state index contributed by atoms with van der Waals surface area (Å²) in [5, 5.41) is 4.16. The molecule has 1 aromatic rings. The van der Waals surface area contributed by atoms with Gasteiger partial charge in [0.25, 0.3) is 5.91 Å². The highest BCUT2D eigenvalue weighted by Gasteiger charge is 2.32. The number of hydrogen-bond acceptors (Lipinski definition) is 4. The van der Waals surface area contributed by atoms with Crippen LogP contribution in [-0.4, -0.2) is 43.8 Å². The molecule has 0 aromatic heterocycles. The predicted octanol–water partition coefficient (Wildman–Crippen LogP) is 3.01. The summed E-state index contributed by atoms with van der Waals surface area (Å²) in [6, 6.07) is 3.12. The zero-order valence-electron chi connectivity index (χ0n) is 17.0. The second-order valence-corrected chi connectivity index (χ2v) is 10.2. The zero-order chi connectivity index (χ0) is 23.4. The molecule has 2 rings (SSSR count). The second-order valence-electron chi connectivity index (χ2n) is 7.63. The van der Waals surface area contributed by atoms with Crippen molar-refractivity contribution in [2.45, 2.75) is 44.2 Å². The van der Waals surface area contributed by atoms with E-state index in [1.807, 2.05) is 0 Å². The molecule has 0 aliphatic heterocycles. The van der Waals surface area contributed by atoms with Crippen molar-refractivity contribution in [2.24, 2.45) is 5.92 Å². The summed E-state index contributed by atoms with van der Waals surface area (Å²) >= 11 is 0. The van der Waals surface area contributed by atoms with Crippen molar-refractivity contribution < 1.29 is 35.6 Å². The highest BCUT2D eigenvalue weighted by Crippen LogP contribution is 2.29. The Bertz CT molecular complexity index is 958. The molecular formula is C20H24F4N2O4S. The molecular weight excluding hydrogens is 440 g/mol. The first-order valence-electron chi connectivity index (χ1n) is 9.62. The van der Waals surface area contributed by atoms with Crippen molar-refractivity contribution >= 4 is 21.7 Å². The Morgan fingerprint density at radius 1 is 1.23 bits per heavy atom. The number of benzene rings is 1. The van der Waals surface area contributed by atoms with Gasteiger partial charge in [-0.2, -0.15) is 13.2 Å². The van der Waals surface area contributed by atoms with E-state index >= 15 is 0 Å². The van der Waals surface area contributed by atoms with Crippen LogP contribution in [0.4, 0.5) is 17.6 Å². The molecule has 2 amide bonds. The Kier molecular flexibility index (Phi) is 7.85. The van der Waals surface area contributed by atoms with Crippen molar-refractivity contribution in [2.75, 3.05) is 12.3 Å². The van der Waals surface area contributed by atoms with Gasteiger partial charge >= 0.3 is 6.18 Å². The Morgan fingerprint density at radius 3 is 2.52 bits per heavy atom. The van der Waals surface area contributed by atoms with E-state index in [4.69, 9.17) is 0 Å². The number of carbonyl (C=O) groups excluding carboxylic acids is 2. The largest absolute Gasteiger partial charge is 0.416 e. The van der Waals surface area contributed by atoms with Crippen LogP contribution in [0.25, 0.3) is 0 Å². The van der Waals surface area contributed by atoms with Gasteiger partial charge in [-0.3, -0.25) is 9.59 Å². The number of allylic oxidation sites excluding steroid dienone is 1. The molecule has 0 saturated heterocycles. The molecule has 6 nitrogen and oxygen atoms in total. The Hall–Kier alpha value is -2.43. The van der Waals surface area contributed by atoms with Crippen LogP contribution in [0.2, 0.25) is 0 Å². The molecule has 0 fully saturated rings. The lowest BCUT2D eigenvalue weighted by atomic mass is 9.91. The first-order chi connectivity index (χ1) is 14.3. The van der Waals surface area contributed by atoms with Gasteiger partial charge in [0.05, 0.1) is 28.9 Å². The van der Waals surface area contributed by atoms with Crippen LogP contribution in [0.3, 0.4) is 0 Å². The fourth-order valence-corrected chi connectivity index (χ4v) is 4.35. The molecule has 0 heterocycles. The maximum absolute atomic E-state index is 13.7. The lowest BCUT2D eigenvalue weighted by Gasteiger charge is -2.29. The number of hydrogen-bond donors (Lipinski definition) is 2. The summed E-state index contributed by atoms with van der Waals surface area (Å²) < 4.78 is 76.4. The van der Waals surface area contributed by atoms with Gasteiger partial charge in [-0.05, 0) is 44.5 Å². The van der Waals surface area contributed by atoms with Gasteiger partial charge in [-0.1, -0.05) is 6.07 Å². The Labute approximate surface area is 178 Å². The van der Waals surface area contributed by atoms with Crippen molar-refractivity contribution in [3.8, 4) is 0 Å². The molecule has 1 aliphatic carbocycles. The van der Waals surface area contributed by atoms with Gasteiger partial charge in [-0.15, -0.1) is 0 Å². The van der Waals surface area contributed by atoms with Crippen LogP contribution in [-0.2, 0) is 20.8 Å². The fraction of sp³-hybridized carbons (Fsp3) is 0.500. The molecule has 2 N–H and O–H groups in total. The van der Waals surface area contributed by atoms with Crippen molar-refractivity contribution in [1.29, 1.82) is 0 Å². The van der Waals surface area contributed by atoms with Crippen LogP contribution >= 0.6 is 0 Å². The number of rotatable bonds is 7. The molecule has 1 aromatic carbocycles. The molecule has 172 valence electrons. The minimum atomic E-state index is -4.61. The molecule has 1 aliphatic rings. The number of alkyl halides is 3. The minimum absolute atomic E-state index is 0.0414. The Morgan fingerprint density at radius 2 is 1.90 bits per heavy atom. The molecule has 0 unspecified atom stereocenters. The van der Waals surface area contributed by atoms with E-state index in [9.17, 15) is 35.6 Å².